The first kappa shape index (κ1) is 15.2. The molecule has 0 aromatic rings. The summed E-state index contributed by atoms with van der Waals surface area (Å²) in [5, 5.41) is 0. The molecule has 2 unspecified atom stereocenters. The number of hydrogen-bond donors (Lipinski definition) is 1. The molecule has 0 aliphatic carbocycles. The predicted octanol–water partition coefficient (Wildman–Crippen LogP) is 1.24. The Morgan fingerprint density at radius 2 is 2.11 bits per heavy atom. The zero-order valence-corrected chi connectivity index (χ0v) is 12.8. The summed E-state index contributed by atoms with van der Waals surface area (Å²) in [6.45, 7) is 8.62. The van der Waals surface area contributed by atoms with Gasteiger partial charge in [-0.25, -0.2) is 0 Å². The molecule has 2 aliphatic rings. The number of thiocarbonyl (C=S) groups is 1. The van der Waals surface area contributed by atoms with Crippen LogP contribution in [0.15, 0.2) is 0 Å². The molecule has 2 rings (SSSR count). The van der Waals surface area contributed by atoms with Gasteiger partial charge in [0.15, 0.2) is 0 Å². The molecule has 0 aromatic heterocycles. The number of rotatable bonds is 6. The molecule has 0 amide bonds. The number of nitrogens with two attached hydrogens (primary N) is 1. The van der Waals surface area contributed by atoms with E-state index < -0.39 is 0 Å². The molecule has 0 saturated carbocycles. The van der Waals surface area contributed by atoms with Crippen LogP contribution in [-0.2, 0) is 4.74 Å². The first-order valence-electron chi connectivity index (χ1n) is 7.58. The zero-order valence-electron chi connectivity index (χ0n) is 12.0. The molecule has 110 valence electrons. The van der Waals surface area contributed by atoms with E-state index in [0.717, 1.165) is 52.2 Å². The maximum atomic E-state index is 5.88. The third kappa shape index (κ3) is 4.38. The van der Waals surface area contributed by atoms with E-state index in [2.05, 4.69) is 16.7 Å². The Bertz CT molecular complexity index is 286. The third-order valence-electron chi connectivity index (χ3n) is 4.22. The topological polar surface area (TPSA) is 41.7 Å². The first-order chi connectivity index (χ1) is 9.20. The van der Waals surface area contributed by atoms with Crippen molar-refractivity contribution in [2.75, 3.05) is 39.3 Å². The second kappa shape index (κ2) is 7.53. The van der Waals surface area contributed by atoms with Gasteiger partial charge in [-0.2, -0.15) is 0 Å². The lowest BCUT2D eigenvalue weighted by Gasteiger charge is -2.39. The van der Waals surface area contributed by atoms with Crippen molar-refractivity contribution in [1.29, 1.82) is 0 Å². The van der Waals surface area contributed by atoms with Crippen molar-refractivity contribution in [3.05, 3.63) is 0 Å². The summed E-state index contributed by atoms with van der Waals surface area (Å²) in [7, 11) is 0. The Morgan fingerprint density at radius 1 is 1.37 bits per heavy atom. The van der Waals surface area contributed by atoms with E-state index >= 15 is 0 Å². The van der Waals surface area contributed by atoms with E-state index in [4.69, 9.17) is 22.7 Å². The van der Waals surface area contributed by atoms with Gasteiger partial charge < -0.3 is 10.5 Å². The van der Waals surface area contributed by atoms with Gasteiger partial charge in [0, 0.05) is 39.3 Å². The summed E-state index contributed by atoms with van der Waals surface area (Å²) in [4.78, 5) is 5.64. The van der Waals surface area contributed by atoms with E-state index in [9.17, 15) is 0 Å². The van der Waals surface area contributed by atoms with Gasteiger partial charge in [0.25, 0.3) is 0 Å². The van der Waals surface area contributed by atoms with E-state index in [1.807, 2.05) is 0 Å². The van der Waals surface area contributed by atoms with Crippen LogP contribution in [0, 0.1) is 0 Å². The van der Waals surface area contributed by atoms with Gasteiger partial charge in [-0.05, 0) is 19.3 Å². The lowest BCUT2D eigenvalue weighted by molar-refractivity contribution is 0.0459. The summed E-state index contributed by atoms with van der Waals surface area (Å²) in [5.41, 5.74) is 5.88. The Hall–Kier alpha value is -0.230. The highest BCUT2D eigenvalue weighted by molar-refractivity contribution is 7.80. The number of hydrogen-bond acceptors (Lipinski definition) is 4. The molecule has 2 heterocycles. The van der Waals surface area contributed by atoms with Crippen LogP contribution in [0.2, 0.25) is 0 Å². The summed E-state index contributed by atoms with van der Waals surface area (Å²) >= 11 is 5.21. The summed E-state index contributed by atoms with van der Waals surface area (Å²) in [6.07, 6.45) is 5.14. The van der Waals surface area contributed by atoms with Crippen LogP contribution < -0.4 is 5.73 Å². The summed E-state index contributed by atoms with van der Waals surface area (Å²) in [5.74, 6) is 0. The Balaban J connectivity index is 1.75. The number of piperazine rings is 1. The standard InChI is InChI=1S/C14H27N3OS/c1-2-4-13(14(15)19)17-8-6-16(7-9-17)11-12-5-3-10-18-12/h12-13H,2-11H2,1H3,(H2,15,19). The molecular formula is C14H27N3OS. The van der Waals surface area contributed by atoms with Crippen molar-refractivity contribution < 1.29 is 4.74 Å². The molecule has 2 fully saturated rings. The third-order valence-corrected chi connectivity index (χ3v) is 4.50. The smallest absolute Gasteiger partial charge is 0.0902 e. The van der Waals surface area contributed by atoms with Crippen molar-refractivity contribution in [1.82, 2.24) is 9.80 Å². The fourth-order valence-corrected chi connectivity index (χ4v) is 3.38. The SMILES string of the molecule is CCCC(C(N)=S)N1CCN(CC2CCCO2)CC1. The fourth-order valence-electron chi connectivity index (χ4n) is 3.11. The highest BCUT2D eigenvalue weighted by Crippen LogP contribution is 2.16. The van der Waals surface area contributed by atoms with Gasteiger partial charge in [0.1, 0.15) is 0 Å². The molecule has 0 radical (unpaired) electrons. The largest absolute Gasteiger partial charge is 0.392 e. The predicted molar refractivity (Wildman–Crippen MR) is 82.5 cm³/mol. The highest BCUT2D eigenvalue weighted by Gasteiger charge is 2.27. The minimum Gasteiger partial charge on any atom is -0.392 e. The molecule has 2 saturated heterocycles. The van der Waals surface area contributed by atoms with Gasteiger partial charge in [-0.15, -0.1) is 0 Å². The highest BCUT2D eigenvalue weighted by atomic mass is 32.1. The second-order valence-electron chi connectivity index (χ2n) is 5.68. The number of nitrogens with zero attached hydrogens (tertiary/aromatic N) is 2. The van der Waals surface area contributed by atoms with Crippen molar-refractivity contribution in [3.8, 4) is 0 Å². The van der Waals surface area contributed by atoms with Gasteiger partial charge in [-0.1, -0.05) is 25.6 Å². The van der Waals surface area contributed by atoms with Crippen LogP contribution >= 0.6 is 12.2 Å². The van der Waals surface area contributed by atoms with E-state index in [0.29, 0.717) is 17.1 Å². The molecule has 2 aliphatic heterocycles. The van der Waals surface area contributed by atoms with Crippen molar-refractivity contribution in [2.45, 2.75) is 44.8 Å². The van der Waals surface area contributed by atoms with Gasteiger partial charge in [0.05, 0.1) is 17.1 Å². The monoisotopic (exact) mass is 285 g/mol. The Morgan fingerprint density at radius 3 is 2.63 bits per heavy atom. The maximum Gasteiger partial charge on any atom is 0.0902 e. The summed E-state index contributed by atoms with van der Waals surface area (Å²) < 4.78 is 5.71. The molecule has 4 nitrogen and oxygen atoms in total. The quantitative estimate of drug-likeness (QED) is 0.744. The van der Waals surface area contributed by atoms with Crippen LogP contribution in [0.25, 0.3) is 0 Å². The first-order valence-corrected chi connectivity index (χ1v) is 7.99. The summed E-state index contributed by atoms with van der Waals surface area (Å²) in [6, 6.07) is 0.296. The van der Waals surface area contributed by atoms with Gasteiger partial charge in [0.2, 0.25) is 0 Å². The molecule has 0 spiro atoms. The van der Waals surface area contributed by atoms with Gasteiger partial charge >= 0.3 is 0 Å². The molecule has 0 bridgehead atoms. The minimum absolute atomic E-state index is 0.296. The average molecular weight is 285 g/mol. The Labute approximate surface area is 122 Å². The zero-order chi connectivity index (χ0) is 13.7. The van der Waals surface area contributed by atoms with Crippen LogP contribution in [0.5, 0.6) is 0 Å². The molecule has 2 N–H and O–H groups in total. The second-order valence-corrected chi connectivity index (χ2v) is 6.15. The Kier molecular flexibility index (Phi) is 6.01. The number of ether oxygens (including phenoxy) is 1. The molecule has 2 atom stereocenters. The van der Waals surface area contributed by atoms with Crippen LogP contribution in [-0.4, -0.2) is 66.3 Å². The fraction of sp³-hybridized carbons (Fsp3) is 0.929. The molecule has 19 heavy (non-hydrogen) atoms. The van der Waals surface area contributed by atoms with Crippen LogP contribution in [0.4, 0.5) is 0 Å². The average Bonchev–Trinajstić information content (AvgIpc) is 2.90. The van der Waals surface area contributed by atoms with E-state index in [1.165, 1.54) is 12.8 Å². The normalized spacial score (nSPS) is 27.5. The lowest BCUT2D eigenvalue weighted by atomic mass is 10.1. The van der Waals surface area contributed by atoms with E-state index in [1.54, 1.807) is 0 Å². The molecular weight excluding hydrogens is 258 g/mol. The maximum absolute atomic E-state index is 5.88. The van der Waals surface area contributed by atoms with Crippen molar-refractivity contribution in [3.63, 3.8) is 0 Å². The van der Waals surface area contributed by atoms with Crippen LogP contribution in [0.1, 0.15) is 32.6 Å². The molecule has 0 aromatic carbocycles. The van der Waals surface area contributed by atoms with Crippen LogP contribution in [0.3, 0.4) is 0 Å². The minimum atomic E-state index is 0.296. The lowest BCUT2D eigenvalue weighted by Crippen LogP contribution is -2.54. The van der Waals surface area contributed by atoms with Crippen molar-refractivity contribution in [2.24, 2.45) is 5.73 Å². The van der Waals surface area contributed by atoms with Crippen molar-refractivity contribution >= 4 is 17.2 Å². The molecule has 5 heteroatoms. The van der Waals surface area contributed by atoms with Gasteiger partial charge in [-0.3, -0.25) is 9.80 Å². The van der Waals surface area contributed by atoms with E-state index in [-0.39, 0.29) is 0 Å².